The van der Waals surface area contributed by atoms with Crippen LogP contribution in [0.3, 0.4) is 0 Å². The number of nitrogens with zero attached hydrogens (tertiary/aromatic N) is 2. The second-order valence-electron chi connectivity index (χ2n) is 2.46. The summed E-state index contributed by atoms with van der Waals surface area (Å²) in [5.74, 6) is 0. The molecule has 0 unspecified atom stereocenters. The molecule has 5 nitrogen and oxygen atoms in total. The van der Waals surface area contributed by atoms with Gasteiger partial charge >= 0.3 is 5.65 Å². The first-order valence-electron chi connectivity index (χ1n) is 4.41. The standard InChI is InChI=1S/C8H13N2O3P/c1-3-12-8(14-11,13-4-2)10-7-5-6-9-10/h5-7H,3-4H2,1-2H3. The molecule has 0 aliphatic carbocycles. The molecule has 0 aliphatic heterocycles. The summed E-state index contributed by atoms with van der Waals surface area (Å²) < 4.78 is 23.1. The molecule has 0 atom stereocenters. The predicted octanol–water partition coefficient (Wildman–Crippen LogP) is 1.82. The molecule has 0 amide bonds. The molecule has 1 heterocycles. The number of ether oxygens (including phenoxy) is 2. The molecular weight excluding hydrogens is 203 g/mol. The summed E-state index contributed by atoms with van der Waals surface area (Å²) in [5.41, 5.74) is -1.31. The van der Waals surface area contributed by atoms with E-state index in [4.69, 9.17) is 9.47 Å². The van der Waals surface area contributed by atoms with Crippen LogP contribution in [0.2, 0.25) is 0 Å². The Balaban J connectivity index is 2.94. The van der Waals surface area contributed by atoms with Crippen LogP contribution in [-0.2, 0) is 19.7 Å². The maximum absolute atomic E-state index is 11.1. The molecule has 1 rings (SSSR count). The van der Waals surface area contributed by atoms with Crippen molar-refractivity contribution in [2.45, 2.75) is 19.5 Å². The third kappa shape index (κ3) is 2.18. The molecule has 0 spiro atoms. The van der Waals surface area contributed by atoms with Crippen LogP contribution >= 0.6 is 8.46 Å². The van der Waals surface area contributed by atoms with Gasteiger partial charge in [0.15, 0.2) is 0 Å². The van der Waals surface area contributed by atoms with Crippen LogP contribution in [0.4, 0.5) is 0 Å². The Morgan fingerprint density at radius 1 is 1.43 bits per heavy atom. The molecule has 0 aliphatic rings. The summed E-state index contributed by atoms with van der Waals surface area (Å²) in [6, 6.07) is 1.72. The molecule has 0 N–H and O–H groups in total. The Hall–Kier alpha value is -0.770. The van der Waals surface area contributed by atoms with Crippen molar-refractivity contribution in [3.63, 3.8) is 0 Å². The molecule has 6 heteroatoms. The van der Waals surface area contributed by atoms with E-state index >= 15 is 0 Å². The van der Waals surface area contributed by atoms with Crippen LogP contribution in [0.1, 0.15) is 13.8 Å². The zero-order valence-electron chi connectivity index (χ0n) is 8.21. The van der Waals surface area contributed by atoms with Crippen LogP contribution in [0.5, 0.6) is 0 Å². The van der Waals surface area contributed by atoms with Crippen molar-refractivity contribution in [2.75, 3.05) is 13.2 Å². The summed E-state index contributed by atoms with van der Waals surface area (Å²) in [6.45, 7) is 4.41. The van der Waals surface area contributed by atoms with E-state index in [1.807, 2.05) is 13.8 Å². The smallest absolute Gasteiger partial charge is 0.322 e. The minimum absolute atomic E-state index is 0.268. The second-order valence-corrected chi connectivity index (χ2v) is 3.20. The van der Waals surface area contributed by atoms with Crippen molar-refractivity contribution in [1.29, 1.82) is 0 Å². The van der Waals surface area contributed by atoms with Gasteiger partial charge in [-0.1, -0.05) is 0 Å². The average molecular weight is 216 g/mol. The monoisotopic (exact) mass is 216 g/mol. The highest BCUT2D eigenvalue weighted by atomic mass is 31.1. The van der Waals surface area contributed by atoms with E-state index in [1.165, 1.54) is 4.68 Å². The molecule has 0 bridgehead atoms. The fourth-order valence-electron chi connectivity index (χ4n) is 1.08. The van der Waals surface area contributed by atoms with Gasteiger partial charge in [-0.3, -0.25) is 4.57 Å². The third-order valence-corrected chi connectivity index (χ3v) is 2.27. The number of hydrogen-bond acceptors (Lipinski definition) is 4. The lowest BCUT2D eigenvalue weighted by molar-refractivity contribution is -0.230. The summed E-state index contributed by atoms with van der Waals surface area (Å²) in [4.78, 5) is 0. The number of rotatable bonds is 6. The van der Waals surface area contributed by atoms with E-state index in [2.05, 4.69) is 5.10 Å². The number of hydrogen-bond donors (Lipinski definition) is 0. The number of aromatic nitrogens is 2. The highest BCUT2D eigenvalue weighted by Gasteiger charge is 2.35. The highest BCUT2D eigenvalue weighted by molar-refractivity contribution is 7.24. The Bertz CT molecular complexity index is 270. The van der Waals surface area contributed by atoms with Gasteiger partial charge in [-0.15, -0.1) is 0 Å². The highest BCUT2D eigenvalue weighted by Crippen LogP contribution is 2.31. The average Bonchev–Trinajstić information content (AvgIpc) is 2.70. The van der Waals surface area contributed by atoms with Crippen LogP contribution < -0.4 is 0 Å². The van der Waals surface area contributed by atoms with E-state index in [0.717, 1.165) is 0 Å². The first kappa shape index (κ1) is 11.3. The van der Waals surface area contributed by atoms with Gasteiger partial charge in [0.1, 0.15) is 0 Å². The lowest BCUT2D eigenvalue weighted by Crippen LogP contribution is -2.34. The van der Waals surface area contributed by atoms with Crippen molar-refractivity contribution >= 4 is 8.46 Å². The minimum atomic E-state index is -1.31. The largest absolute Gasteiger partial charge is 0.355 e. The first-order valence-corrected chi connectivity index (χ1v) is 5.23. The van der Waals surface area contributed by atoms with E-state index < -0.39 is 5.65 Å². The molecule has 14 heavy (non-hydrogen) atoms. The quantitative estimate of drug-likeness (QED) is 0.537. The Kier molecular flexibility index (Phi) is 4.20. The Labute approximate surface area is 84.2 Å². The van der Waals surface area contributed by atoms with Gasteiger partial charge in [0.2, 0.25) is 8.46 Å². The molecule has 0 radical (unpaired) electrons. The molecule has 0 saturated carbocycles. The molecule has 0 saturated heterocycles. The van der Waals surface area contributed by atoms with E-state index in [9.17, 15) is 4.57 Å². The zero-order chi connectivity index (χ0) is 10.4. The van der Waals surface area contributed by atoms with E-state index in [0.29, 0.717) is 13.2 Å². The van der Waals surface area contributed by atoms with Crippen molar-refractivity contribution in [2.24, 2.45) is 0 Å². The molecule has 78 valence electrons. The normalized spacial score (nSPS) is 12.1. The van der Waals surface area contributed by atoms with Crippen molar-refractivity contribution in [3.8, 4) is 0 Å². The summed E-state index contributed by atoms with van der Waals surface area (Å²) in [7, 11) is -0.268. The van der Waals surface area contributed by atoms with Gasteiger partial charge in [0.25, 0.3) is 0 Å². The van der Waals surface area contributed by atoms with Gasteiger partial charge in [0, 0.05) is 25.6 Å². The summed E-state index contributed by atoms with van der Waals surface area (Å²) >= 11 is 0. The Morgan fingerprint density at radius 2 is 2.07 bits per heavy atom. The van der Waals surface area contributed by atoms with Gasteiger partial charge in [0.05, 0.1) is 0 Å². The fraction of sp³-hybridized carbons (Fsp3) is 0.625. The molecule has 0 aromatic carbocycles. The topological polar surface area (TPSA) is 53.4 Å². The van der Waals surface area contributed by atoms with Crippen LogP contribution in [0, 0.1) is 0 Å². The van der Waals surface area contributed by atoms with Crippen LogP contribution in [-0.4, -0.2) is 23.0 Å². The predicted molar refractivity (Wildman–Crippen MR) is 51.1 cm³/mol. The summed E-state index contributed by atoms with van der Waals surface area (Å²) in [6.07, 6.45) is 3.23. The van der Waals surface area contributed by atoms with Crippen molar-refractivity contribution in [3.05, 3.63) is 18.5 Å². The third-order valence-electron chi connectivity index (χ3n) is 1.57. The SMILES string of the molecule is CCOC(OCC)(P=O)n1cccn1. The minimum Gasteiger partial charge on any atom is -0.322 e. The van der Waals surface area contributed by atoms with Gasteiger partial charge < -0.3 is 9.47 Å². The van der Waals surface area contributed by atoms with Gasteiger partial charge in [-0.05, 0) is 19.9 Å². The Morgan fingerprint density at radius 3 is 2.43 bits per heavy atom. The van der Waals surface area contributed by atoms with Crippen molar-refractivity contribution < 1.29 is 14.0 Å². The maximum atomic E-state index is 11.1. The van der Waals surface area contributed by atoms with Crippen LogP contribution in [0.15, 0.2) is 18.5 Å². The fourth-order valence-corrected chi connectivity index (χ4v) is 1.65. The van der Waals surface area contributed by atoms with E-state index in [-0.39, 0.29) is 8.46 Å². The molecule has 1 aromatic rings. The molecular formula is C8H13N2O3P. The van der Waals surface area contributed by atoms with Gasteiger partial charge in [-0.2, -0.15) is 5.10 Å². The molecule has 1 aromatic heterocycles. The van der Waals surface area contributed by atoms with E-state index in [1.54, 1.807) is 18.5 Å². The van der Waals surface area contributed by atoms with Crippen molar-refractivity contribution in [1.82, 2.24) is 9.78 Å². The zero-order valence-corrected chi connectivity index (χ0v) is 9.11. The van der Waals surface area contributed by atoms with Gasteiger partial charge in [-0.25, -0.2) is 4.68 Å². The summed E-state index contributed by atoms with van der Waals surface area (Å²) in [5, 5.41) is 3.96. The lowest BCUT2D eigenvalue weighted by Gasteiger charge is -2.25. The van der Waals surface area contributed by atoms with Crippen LogP contribution in [0.25, 0.3) is 0 Å². The maximum Gasteiger partial charge on any atom is 0.355 e. The lowest BCUT2D eigenvalue weighted by atomic mass is 10.7. The first-order chi connectivity index (χ1) is 6.79. The molecule has 0 fully saturated rings. The second kappa shape index (κ2) is 5.20.